The first kappa shape index (κ1) is 15.0. The zero-order valence-electron chi connectivity index (χ0n) is 12.4. The molecular formula is C15H22N6. The third-order valence-electron chi connectivity index (χ3n) is 2.97. The molecule has 0 bridgehead atoms. The molecule has 2 aromatic heterocycles. The number of aliphatic imine (C=N–C) groups is 1. The molecule has 0 atom stereocenters. The predicted octanol–water partition coefficient (Wildman–Crippen LogP) is 1.40. The Hall–Kier alpha value is -2.37. The van der Waals surface area contributed by atoms with Crippen LogP contribution in [0.4, 0.5) is 0 Å². The second kappa shape index (κ2) is 8.04. The zero-order chi connectivity index (χ0) is 14.9. The minimum Gasteiger partial charge on any atom is -0.357 e. The minimum absolute atomic E-state index is 0.709. The van der Waals surface area contributed by atoms with E-state index in [0.29, 0.717) is 6.54 Å². The van der Waals surface area contributed by atoms with Crippen LogP contribution in [0.15, 0.2) is 42.0 Å². The van der Waals surface area contributed by atoms with Crippen molar-refractivity contribution >= 4 is 11.6 Å². The first-order valence-electron chi connectivity index (χ1n) is 7.27. The summed E-state index contributed by atoms with van der Waals surface area (Å²) in [5.74, 6) is 1.80. The Balaban J connectivity index is 1.86. The highest BCUT2D eigenvalue weighted by atomic mass is 15.2. The van der Waals surface area contributed by atoms with E-state index in [1.807, 2.05) is 41.8 Å². The molecule has 2 N–H and O–H groups in total. The highest BCUT2D eigenvalue weighted by Crippen LogP contribution is 2.04. The Morgan fingerprint density at radius 1 is 1.38 bits per heavy atom. The van der Waals surface area contributed by atoms with Gasteiger partial charge in [-0.15, -0.1) is 16.8 Å². The normalized spacial score (nSPS) is 11.6. The highest BCUT2D eigenvalue weighted by molar-refractivity contribution is 5.79. The lowest BCUT2D eigenvalue weighted by Crippen LogP contribution is -2.37. The van der Waals surface area contributed by atoms with E-state index < -0.39 is 0 Å². The van der Waals surface area contributed by atoms with Gasteiger partial charge < -0.3 is 10.6 Å². The third kappa shape index (κ3) is 4.30. The van der Waals surface area contributed by atoms with Crippen LogP contribution in [-0.2, 0) is 6.42 Å². The van der Waals surface area contributed by atoms with Crippen molar-refractivity contribution in [2.24, 2.45) is 4.99 Å². The molecule has 21 heavy (non-hydrogen) atoms. The first-order valence-corrected chi connectivity index (χ1v) is 7.27. The SMILES string of the molecule is C=CCNC(=NCCCc1nnc2ccccn12)NCC. The van der Waals surface area contributed by atoms with Crippen LogP contribution in [0.5, 0.6) is 0 Å². The Morgan fingerprint density at radius 2 is 2.29 bits per heavy atom. The Kier molecular flexibility index (Phi) is 5.75. The Labute approximate surface area is 125 Å². The molecule has 6 heteroatoms. The molecule has 0 saturated carbocycles. The molecule has 0 spiro atoms. The quantitative estimate of drug-likeness (QED) is 0.349. The number of pyridine rings is 1. The average molecular weight is 286 g/mol. The maximum atomic E-state index is 4.52. The van der Waals surface area contributed by atoms with Gasteiger partial charge in [-0.1, -0.05) is 12.1 Å². The molecule has 0 aliphatic heterocycles. The molecule has 6 nitrogen and oxygen atoms in total. The standard InChI is InChI=1S/C15H22N6/c1-3-10-17-15(16-4-2)18-11-7-9-14-20-19-13-8-5-6-12-21(13)14/h3,5-6,8,12H,1,4,7,9-11H2,2H3,(H2,16,17,18). The molecule has 0 aliphatic carbocycles. The van der Waals surface area contributed by atoms with Gasteiger partial charge >= 0.3 is 0 Å². The summed E-state index contributed by atoms with van der Waals surface area (Å²) in [7, 11) is 0. The van der Waals surface area contributed by atoms with Crippen molar-refractivity contribution in [2.75, 3.05) is 19.6 Å². The number of nitrogens with zero attached hydrogens (tertiary/aromatic N) is 4. The number of hydrogen-bond donors (Lipinski definition) is 2. The van der Waals surface area contributed by atoms with E-state index in [1.165, 1.54) is 0 Å². The number of nitrogens with one attached hydrogen (secondary N) is 2. The van der Waals surface area contributed by atoms with Crippen molar-refractivity contribution in [1.29, 1.82) is 0 Å². The summed E-state index contributed by atoms with van der Waals surface area (Å²) in [5, 5.41) is 14.7. The van der Waals surface area contributed by atoms with E-state index in [4.69, 9.17) is 0 Å². The summed E-state index contributed by atoms with van der Waals surface area (Å²) in [5.41, 5.74) is 0.886. The second-order valence-corrected chi connectivity index (χ2v) is 4.58. The smallest absolute Gasteiger partial charge is 0.191 e. The van der Waals surface area contributed by atoms with Crippen molar-refractivity contribution in [2.45, 2.75) is 19.8 Å². The van der Waals surface area contributed by atoms with E-state index >= 15 is 0 Å². The fourth-order valence-electron chi connectivity index (χ4n) is 2.00. The molecule has 0 unspecified atom stereocenters. The summed E-state index contributed by atoms with van der Waals surface area (Å²) in [6.45, 7) is 8.04. The molecule has 0 saturated heterocycles. The number of guanidine groups is 1. The van der Waals surface area contributed by atoms with Crippen LogP contribution in [0.1, 0.15) is 19.2 Å². The van der Waals surface area contributed by atoms with Crippen LogP contribution < -0.4 is 10.6 Å². The monoisotopic (exact) mass is 286 g/mol. The van der Waals surface area contributed by atoms with Crippen LogP contribution >= 0.6 is 0 Å². The van der Waals surface area contributed by atoms with Gasteiger partial charge in [0.2, 0.25) is 0 Å². The number of hydrogen-bond acceptors (Lipinski definition) is 3. The molecule has 2 rings (SSSR count). The molecule has 0 amide bonds. The fourth-order valence-corrected chi connectivity index (χ4v) is 2.00. The van der Waals surface area contributed by atoms with Gasteiger partial charge in [0.1, 0.15) is 5.82 Å². The van der Waals surface area contributed by atoms with Gasteiger partial charge in [0, 0.05) is 32.3 Å². The van der Waals surface area contributed by atoms with Crippen molar-refractivity contribution < 1.29 is 0 Å². The third-order valence-corrected chi connectivity index (χ3v) is 2.97. The average Bonchev–Trinajstić information content (AvgIpc) is 2.92. The lowest BCUT2D eigenvalue weighted by molar-refractivity contribution is 0.759. The minimum atomic E-state index is 0.709. The van der Waals surface area contributed by atoms with E-state index in [2.05, 4.69) is 32.4 Å². The maximum absolute atomic E-state index is 4.52. The van der Waals surface area contributed by atoms with Crippen LogP contribution in [0.25, 0.3) is 5.65 Å². The van der Waals surface area contributed by atoms with Crippen LogP contribution in [0.3, 0.4) is 0 Å². The number of aryl methyl sites for hydroxylation is 1. The largest absolute Gasteiger partial charge is 0.357 e. The molecule has 0 fully saturated rings. The molecule has 0 aliphatic rings. The number of aromatic nitrogens is 3. The zero-order valence-corrected chi connectivity index (χ0v) is 12.4. The topological polar surface area (TPSA) is 66.6 Å². The molecule has 0 aromatic carbocycles. The molecule has 112 valence electrons. The van der Waals surface area contributed by atoms with Gasteiger partial charge in [-0.3, -0.25) is 9.39 Å². The lowest BCUT2D eigenvalue weighted by atomic mass is 10.3. The van der Waals surface area contributed by atoms with E-state index in [0.717, 1.165) is 43.4 Å². The van der Waals surface area contributed by atoms with Crippen molar-refractivity contribution in [3.63, 3.8) is 0 Å². The summed E-state index contributed by atoms with van der Waals surface area (Å²) < 4.78 is 2.02. The van der Waals surface area contributed by atoms with Crippen molar-refractivity contribution in [3.05, 3.63) is 42.9 Å². The Bertz CT molecular complexity index is 601. The predicted molar refractivity (Wildman–Crippen MR) is 85.5 cm³/mol. The van der Waals surface area contributed by atoms with Crippen molar-refractivity contribution in [1.82, 2.24) is 25.2 Å². The van der Waals surface area contributed by atoms with E-state index in [-0.39, 0.29) is 0 Å². The summed E-state index contributed by atoms with van der Waals surface area (Å²) in [4.78, 5) is 4.52. The molecule has 2 heterocycles. The fraction of sp³-hybridized carbons (Fsp3) is 0.400. The molecular weight excluding hydrogens is 264 g/mol. The van der Waals surface area contributed by atoms with Crippen LogP contribution in [0.2, 0.25) is 0 Å². The second-order valence-electron chi connectivity index (χ2n) is 4.58. The van der Waals surface area contributed by atoms with Gasteiger partial charge in [0.05, 0.1) is 0 Å². The first-order chi connectivity index (χ1) is 10.3. The summed E-state index contributed by atoms with van der Waals surface area (Å²) >= 11 is 0. The lowest BCUT2D eigenvalue weighted by Gasteiger charge is -2.09. The molecule has 2 aromatic rings. The van der Waals surface area contributed by atoms with E-state index in [9.17, 15) is 0 Å². The van der Waals surface area contributed by atoms with E-state index in [1.54, 1.807) is 0 Å². The van der Waals surface area contributed by atoms with Crippen LogP contribution in [-0.4, -0.2) is 40.2 Å². The van der Waals surface area contributed by atoms with Gasteiger partial charge in [-0.05, 0) is 25.5 Å². The van der Waals surface area contributed by atoms with Gasteiger partial charge in [0.25, 0.3) is 0 Å². The number of rotatable bonds is 7. The maximum Gasteiger partial charge on any atom is 0.191 e. The van der Waals surface area contributed by atoms with Gasteiger partial charge in [0.15, 0.2) is 11.6 Å². The number of fused-ring (bicyclic) bond motifs is 1. The summed E-state index contributed by atoms with van der Waals surface area (Å²) in [6, 6.07) is 5.91. The summed E-state index contributed by atoms with van der Waals surface area (Å²) in [6.07, 6.45) is 5.59. The Morgan fingerprint density at radius 3 is 3.10 bits per heavy atom. The molecule has 0 radical (unpaired) electrons. The van der Waals surface area contributed by atoms with Crippen LogP contribution in [0, 0.1) is 0 Å². The van der Waals surface area contributed by atoms with Crippen molar-refractivity contribution in [3.8, 4) is 0 Å². The van der Waals surface area contributed by atoms with Gasteiger partial charge in [-0.25, -0.2) is 0 Å². The highest BCUT2D eigenvalue weighted by Gasteiger charge is 2.03. The van der Waals surface area contributed by atoms with Gasteiger partial charge in [-0.2, -0.15) is 0 Å².